The number of hydrogen-bond acceptors (Lipinski definition) is 7. The first-order chi connectivity index (χ1) is 14.9. The van der Waals surface area contributed by atoms with Crippen LogP contribution >= 0.6 is 0 Å². The van der Waals surface area contributed by atoms with Crippen LogP contribution in [0.2, 0.25) is 0 Å². The second-order valence-electron chi connectivity index (χ2n) is 7.70. The molecule has 1 fully saturated rings. The Kier molecular flexibility index (Phi) is 5.41. The minimum atomic E-state index is -0.948. The summed E-state index contributed by atoms with van der Waals surface area (Å²) in [6.07, 6.45) is 0. The largest absolute Gasteiger partial charge is 0.495 e. The van der Waals surface area contributed by atoms with E-state index in [1.54, 1.807) is 36.4 Å². The average Bonchev–Trinajstić information content (AvgIpc) is 3.28. The SMILES string of the molecule is COc1ccccc1NC(=O)CN1N=N[C@H]2C(=O)N(c3ccc(C(C)C)cc3)C(=O)[C@@H]21. The third-order valence-electron chi connectivity index (χ3n) is 5.36. The van der Waals surface area contributed by atoms with Gasteiger partial charge in [0.05, 0.1) is 18.5 Å². The van der Waals surface area contributed by atoms with Gasteiger partial charge in [-0.3, -0.25) is 19.4 Å². The molecule has 0 bridgehead atoms. The van der Waals surface area contributed by atoms with Crippen molar-refractivity contribution in [2.45, 2.75) is 31.8 Å². The number of anilines is 2. The number of rotatable bonds is 6. The number of amides is 3. The summed E-state index contributed by atoms with van der Waals surface area (Å²) in [5, 5.41) is 11.9. The lowest BCUT2D eigenvalue weighted by molar-refractivity contribution is -0.123. The molecule has 3 amide bonds. The fourth-order valence-electron chi connectivity index (χ4n) is 3.70. The summed E-state index contributed by atoms with van der Waals surface area (Å²) in [7, 11) is 1.51. The van der Waals surface area contributed by atoms with Gasteiger partial charge in [0.25, 0.3) is 11.8 Å². The van der Waals surface area contributed by atoms with Gasteiger partial charge in [0.15, 0.2) is 12.1 Å². The zero-order chi connectivity index (χ0) is 22.1. The first-order valence-electron chi connectivity index (χ1n) is 9.98. The van der Waals surface area contributed by atoms with Crippen molar-refractivity contribution in [2.75, 3.05) is 23.9 Å². The first-order valence-corrected chi connectivity index (χ1v) is 9.98. The predicted octanol–water partition coefficient (Wildman–Crippen LogP) is 2.75. The molecule has 9 nitrogen and oxygen atoms in total. The first kappa shape index (κ1) is 20.5. The highest BCUT2D eigenvalue weighted by atomic mass is 16.5. The van der Waals surface area contributed by atoms with Gasteiger partial charge in [-0.05, 0) is 35.7 Å². The molecule has 0 saturated carbocycles. The van der Waals surface area contributed by atoms with Crippen molar-refractivity contribution in [2.24, 2.45) is 10.3 Å². The van der Waals surface area contributed by atoms with Crippen LogP contribution in [0, 0.1) is 0 Å². The van der Waals surface area contributed by atoms with Crippen molar-refractivity contribution < 1.29 is 19.1 Å². The summed E-state index contributed by atoms with van der Waals surface area (Å²) in [5.74, 6) is -0.431. The average molecular weight is 421 g/mol. The Bertz CT molecular complexity index is 1050. The van der Waals surface area contributed by atoms with Crippen LogP contribution < -0.4 is 15.0 Å². The molecule has 9 heteroatoms. The Morgan fingerprint density at radius 1 is 1.10 bits per heavy atom. The minimum absolute atomic E-state index is 0.220. The quantitative estimate of drug-likeness (QED) is 0.723. The van der Waals surface area contributed by atoms with E-state index in [-0.39, 0.29) is 6.54 Å². The Balaban J connectivity index is 1.48. The molecular weight excluding hydrogens is 398 g/mol. The van der Waals surface area contributed by atoms with Crippen LogP contribution in [0.5, 0.6) is 5.75 Å². The van der Waals surface area contributed by atoms with Crippen molar-refractivity contribution in [3.05, 3.63) is 54.1 Å². The molecule has 2 aliphatic rings. The van der Waals surface area contributed by atoms with Crippen molar-refractivity contribution in [3.8, 4) is 5.75 Å². The number of carbonyl (C=O) groups is 3. The molecule has 1 saturated heterocycles. The van der Waals surface area contributed by atoms with E-state index < -0.39 is 29.8 Å². The number of para-hydroxylation sites is 2. The lowest BCUT2D eigenvalue weighted by Gasteiger charge is -2.20. The molecule has 2 heterocycles. The number of ether oxygens (including phenoxy) is 1. The second kappa shape index (κ2) is 8.17. The van der Waals surface area contributed by atoms with E-state index in [2.05, 4.69) is 29.5 Å². The van der Waals surface area contributed by atoms with Crippen LogP contribution in [0.4, 0.5) is 11.4 Å². The maximum absolute atomic E-state index is 13.1. The van der Waals surface area contributed by atoms with Gasteiger partial charge in [-0.2, -0.15) is 5.11 Å². The third kappa shape index (κ3) is 3.74. The molecule has 0 aromatic heterocycles. The number of nitrogens with zero attached hydrogens (tertiary/aromatic N) is 4. The number of fused-ring (bicyclic) bond motifs is 1. The summed E-state index contributed by atoms with van der Waals surface area (Å²) < 4.78 is 5.23. The van der Waals surface area contributed by atoms with Crippen molar-refractivity contribution in [3.63, 3.8) is 0 Å². The molecule has 2 atom stereocenters. The summed E-state index contributed by atoms with van der Waals surface area (Å²) in [6, 6.07) is 12.4. The monoisotopic (exact) mass is 421 g/mol. The topological polar surface area (TPSA) is 104 Å². The van der Waals surface area contributed by atoms with E-state index in [1.807, 2.05) is 12.1 Å². The van der Waals surface area contributed by atoms with Gasteiger partial charge in [0.2, 0.25) is 5.91 Å². The molecule has 2 aliphatic heterocycles. The highest BCUT2D eigenvalue weighted by molar-refractivity contribution is 6.25. The number of carbonyl (C=O) groups excluding carboxylic acids is 3. The van der Waals surface area contributed by atoms with Crippen molar-refractivity contribution >= 4 is 29.1 Å². The van der Waals surface area contributed by atoms with Gasteiger partial charge in [0, 0.05) is 0 Å². The molecule has 31 heavy (non-hydrogen) atoms. The number of methoxy groups -OCH3 is 1. The summed E-state index contributed by atoms with van der Waals surface area (Å²) in [5.41, 5.74) is 2.10. The van der Waals surface area contributed by atoms with Crippen LogP contribution in [0.3, 0.4) is 0 Å². The Hall–Kier alpha value is -3.75. The molecule has 4 rings (SSSR count). The Morgan fingerprint density at radius 2 is 1.81 bits per heavy atom. The van der Waals surface area contributed by atoms with Crippen LogP contribution in [-0.2, 0) is 14.4 Å². The molecule has 0 radical (unpaired) electrons. The molecular formula is C22H23N5O4. The van der Waals surface area contributed by atoms with Crippen LogP contribution in [0.25, 0.3) is 0 Å². The zero-order valence-electron chi connectivity index (χ0n) is 17.5. The van der Waals surface area contributed by atoms with E-state index in [0.717, 1.165) is 10.5 Å². The zero-order valence-corrected chi connectivity index (χ0v) is 17.5. The van der Waals surface area contributed by atoms with Gasteiger partial charge < -0.3 is 10.1 Å². The standard InChI is InChI=1S/C22H23N5O4/c1-13(2)14-8-10-15(11-9-14)27-21(29)19-20(22(27)30)26(25-24-19)12-18(28)23-16-6-4-5-7-17(16)31-3/h4-11,13,19-20H,12H2,1-3H3,(H,23,28)/t19-,20-/m1/s1. The van der Waals surface area contributed by atoms with Gasteiger partial charge in [0.1, 0.15) is 12.3 Å². The lowest BCUT2D eigenvalue weighted by atomic mass is 10.0. The van der Waals surface area contributed by atoms with Crippen molar-refractivity contribution in [1.29, 1.82) is 0 Å². The third-order valence-corrected chi connectivity index (χ3v) is 5.36. The maximum atomic E-state index is 13.1. The molecule has 2 aromatic rings. The van der Waals surface area contributed by atoms with Crippen LogP contribution in [-0.4, -0.2) is 48.5 Å². The molecule has 2 aromatic carbocycles. The van der Waals surface area contributed by atoms with E-state index >= 15 is 0 Å². The van der Waals surface area contributed by atoms with Crippen molar-refractivity contribution in [1.82, 2.24) is 5.01 Å². The molecule has 0 unspecified atom stereocenters. The number of imide groups is 1. The highest BCUT2D eigenvalue weighted by Gasteiger charge is 2.55. The summed E-state index contributed by atoms with van der Waals surface area (Å²) >= 11 is 0. The maximum Gasteiger partial charge on any atom is 0.263 e. The fraction of sp³-hybridized carbons (Fsp3) is 0.318. The molecule has 0 aliphatic carbocycles. The van der Waals surface area contributed by atoms with E-state index in [0.29, 0.717) is 23.0 Å². The normalized spacial score (nSPS) is 19.9. The Morgan fingerprint density at radius 3 is 2.48 bits per heavy atom. The van der Waals surface area contributed by atoms with Crippen LogP contribution in [0.15, 0.2) is 58.9 Å². The van der Waals surface area contributed by atoms with Crippen LogP contribution in [0.1, 0.15) is 25.3 Å². The predicted molar refractivity (Wildman–Crippen MR) is 114 cm³/mol. The van der Waals surface area contributed by atoms with E-state index in [1.165, 1.54) is 12.1 Å². The molecule has 160 valence electrons. The number of benzene rings is 2. The van der Waals surface area contributed by atoms with E-state index in [4.69, 9.17) is 4.74 Å². The lowest BCUT2D eigenvalue weighted by Crippen LogP contribution is -2.43. The van der Waals surface area contributed by atoms with Gasteiger partial charge >= 0.3 is 0 Å². The summed E-state index contributed by atoms with van der Waals surface area (Å²) in [6.45, 7) is 3.92. The molecule has 0 spiro atoms. The fourth-order valence-corrected chi connectivity index (χ4v) is 3.70. The second-order valence-corrected chi connectivity index (χ2v) is 7.70. The van der Waals surface area contributed by atoms with E-state index in [9.17, 15) is 14.4 Å². The highest BCUT2D eigenvalue weighted by Crippen LogP contribution is 2.32. The number of nitrogens with one attached hydrogen (secondary N) is 1. The summed E-state index contributed by atoms with van der Waals surface area (Å²) in [4.78, 5) is 39.6. The number of hydrogen-bond donors (Lipinski definition) is 1. The van der Waals surface area contributed by atoms with Gasteiger partial charge in [-0.25, -0.2) is 4.90 Å². The Labute approximate surface area is 179 Å². The minimum Gasteiger partial charge on any atom is -0.495 e. The van der Waals surface area contributed by atoms with Gasteiger partial charge in [-0.1, -0.05) is 43.3 Å². The van der Waals surface area contributed by atoms with Gasteiger partial charge in [-0.15, -0.1) is 0 Å². The smallest absolute Gasteiger partial charge is 0.263 e. The molecule has 1 N–H and O–H groups in total.